The summed E-state index contributed by atoms with van der Waals surface area (Å²) >= 11 is 1.48. The van der Waals surface area contributed by atoms with E-state index < -0.39 is 0 Å². The van der Waals surface area contributed by atoms with Gasteiger partial charge in [0, 0.05) is 25.2 Å². The summed E-state index contributed by atoms with van der Waals surface area (Å²) in [4.78, 5) is 15.4. The molecule has 2 unspecified atom stereocenters. The number of hydrogen-bond donors (Lipinski definition) is 1. The van der Waals surface area contributed by atoms with Crippen LogP contribution in [0.1, 0.15) is 41.4 Å². The van der Waals surface area contributed by atoms with Crippen LogP contribution in [0.25, 0.3) is 0 Å². The summed E-state index contributed by atoms with van der Waals surface area (Å²) in [5.74, 6) is 1.45. The fraction of sp³-hybridized carbons (Fsp3) is 0.600. The molecule has 2 aromatic rings. The van der Waals surface area contributed by atoms with Gasteiger partial charge in [0.05, 0.1) is 30.3 Å². The smallest absolute Gasteiger partial charge is 0.261 e. The zero-order valence-corrected chi connectivity index (χ0v) is 16.8. The lowest BCUT2D eigenvalue weighted by atomic mass is 9.57. The first-order valence-electron chi connectivity index (χ1n) is 9.61. The van der Waals surface area contributed by atoms with E-state index in [4.69, 9.17) is 9.26 Å². The molecule has 4 rings (SSSR count). The lowest BCUT2D eigenvalue weighted by Gasteiger charge is -2.52. The quantitative estimate of drug-likeness (QED) is 0.823. The third kappa shape index (κ3) is 4.10. The van der Waals surface area contributed by atoms with Gasteiger partial charge in [-0.3, -0.25) is 9.69 Å². The van der Waals surface area contributed by atoms with Gasteiger partial charge < -0.3 is 14.6 Å². The van der Waals surface area contributed by atoms with Crippen LogP contribution in [0.5, 0.6) is 0 Å². The second kappa shape index (κ2) is 7.73. The molecule has 1 saturated carbocycles. The van der Waals surface area contributed by atoms with Crippen molar-refractivity contribution in [2.75, 3.05) is 26.3 Å². The first kappa shape index (κ1) is 18.7. The third-order valence-electron chi connectivity index (χ3n) is 6.07. The van der Waals surface area contributed by atoms with Crippen molar-refractivity contribution in [1.29, 1.82) is 0 Å². The van der Waals surface area contributed by atoms with Gasteiger partial charge in [0.15, 0.2) is 5.76 Å². The zero-order valence-electron chi connectivity index (χ0n) is 15.9. The van der Waals surface area contributed by atoms with Crippen LogP contribution in [0, 0.1) is 11.3 Å². The number of nitrogens with one attached hydrogen (secondary N) is 1. The van der Waals surface area contributed by atoms with Crippen molar-refractivity contribution in [3.05, 3.63) is 39.9 Å². The second-order valence-corrected chi connectivity index (χ2v) is 9.08. The Kier molecular flexibility index (Phi) is 5.34. The first-order chi connectivity index (χ1) is 13.0. The number of thiophene rings is 1. The third-order valence-corrected chi connectivity index (χ3v) is 6.94. The summed E-state index contributed by atoms with van der Waals surface area (Å²) in [6.45, 7) is 8.72. The van der Waals surface area contributed by atoms with Crippen LogP contribution in [0.4, 0.5) is 0 Å². The number of morpholine rings is 1. The van der Waals surface area contributed by atoms with E-state index in [1.54, 1.807) is 0 Å². The topological polar surface area (TPSA) is 67.6 Å². The Morgan fingerprint density at radius 1 is 1.41 bits per heavy atom. The number of carbonyl (C=O) groups excluding carboxylic acids is 1. The average Bonchev–Trinajstić information content (AvgIpc) is 3.34. The molecule has 27 heavy (non-hydrogen) atoms. The van der Waals surface area contributed by atoms with E-state index >= 15 is 0 Å². The van der Waals surface area contributed by atoms with Crippen LogP contribution >= 0.6 is 11.3 Å². The highest BCUT2D eigenvalue weighted by molar-refractivity contribution is 7.12. The highest BCUT2D eigenvalue weighted by atomic mass is 32.1. The van der Waals surface area contributed by atoms with E-state index in [0.29, 0.717) is 5.92 Å². The molecule has 1 saturated heterocycles. The Bertz CT molecular complexity index is 765. The van der Waals surface area contributed by atoms with Gasteiger partial charge >= 0.3 is 0 Å². The van der Waals surface area contributed by atoms with Crippen molar-refractivity contribution in [3.63, 3.8) is 0 Å². The van der Waals surface area contributed by atoms with Gasteiger partial charge in [-0.1, -0.05) is 25.1 Å². The lowest BCUT2D eigenvalue weighted by molar-refractivity contribution is 0.0139. The maximum Gasteiger partial charge on any atom is 0.261 e. The minimum Gasteiger partial charge on any atom is -0.379 e. The molecule has 2 aromatic heterocycles. The van der Waals surface area contributed by atoms with Gasteiger partial charge in [-0.25, -0.2) is 0 Å². The summed E-state index contributed by atoms with van der Waals surface area (Å²) in [7, 11) is 0. The summed E-state index contributed by atoms with van der Waals surface area (Å²) < 4.78 is 10.9. The molecule has 0 aromatic carbocycles. The molecule has 146 valence electrons. The molecule has 1 aliphatic heterocycles. The molecule has 1 amide bonds. The number of carbonyl (C=O) groups is 1. The van der Waals surface area contributed by atoms with Gasteiger partial charge in [0.1, 0.15) is 0 Å². The largest absolute Gasteiger partial charge is 0.379 e. The second-order valence-electron chi connectivity index (χ2n) is 8.13. The van der Waals surface area contributed by atoms with Crippen LogP contribution in [-0.4, -0.2) is 48.3 Å². The molecule has 0 bridgehead atoms. The van der Waals surface area contributed by atoms with E-state index in [0.717, 1.165) is 62.0 Å². The fourth-order valence-corrected chi connectivity index (χ4v) is 4.63. The maximum atomic E-state index is 12.3. The van der Waals surface area contributed by atoms with Crippen molar-refractivity contribution in [2.24, 2.45) is 11.3 Å². The van der Waals surface area contributed by atoms with Gasteiger partial charge in [-0.2, -0.15) is 0 Å². The zero-order chi connectivity index (χ0) is 18.9. The summed E-state index contributed by atoms with van der Waals surface area (Å²) in [5, 5.41) is 9.40. The fourth-order valence-electron chi connectivity index (χ4n) is 4.00. The van der Waals surface area contributed by atoms with E-state index in [2.05, 4.69) is 35.3 Å². The van der Waals surface area contributed by atoms with Gasteiger partial charge in [-0.05, 0) is 35.6 Å². The van der Waals surface area contributed by atoms with Crippen LogP contribution < -0.4 is 5.32 Å². The Morgan fingerprint density at radius 3 is 2.93 bits per heavy atom. The molecule has 2 aliphatic rings. The minimum absolute atomic E-state index is 0.0377. The Labute approximate surface area is 163 Å². The molecule has 0 spiro atoms. The Hall–Kier alpha value is -1.70. The lowest BCUT2D eigenvalue weighted by Crippen LogP contribution is -2.58. The number of aromatic nitrogens is 1. The molecular formula is C20H27N3O3S. The maximum absolute atomic E-state index is 12.3. The predicted molar refractivity (Wildman–Crippen MR) is 104 cm³/mol. The van der Waals surface area contributed by atoms with Crippen LogP contribution in [0.3, 0.4) is 0 Å². The van der Waals surface area contributed by atoms with E-state index in [1.807, 2.05) is 17.5 Å². The van der Waals surface area contributed by atoms with Crippen molar-refractivity contribution < 1.29 is 14.1 Å². The van der Waals surface area contributed by atoms with Crippen molar-refractivity contribution in [1.82, 2.24) is 15.4 Å². The van der Waals surface area contributed by atoms with Crippen molar-refractivity contribution >= 4 is 17.2 Å². The molecular weight excluding hydrogens is 362 g/mol. The number of ether oxygens (including phenoxy) is 1. The number of nitrogens with zero attached hydrogens (tertiary/aromatic N) is 2. The summed E-state index contributed by atoms with van der Waals surface area (Å²) in [6, 6.07) is 6.07. The summed E-state index contributed by atoms with van der Waals surface area (Å²) in [5.41, 5.74) is 1.07. The molecule has 2 fully saturated rings. The normalized spacial score (nSPS) is 25.1. The summed E-state index contributed by atoms with van der Waals surface area (Å²) in [6.07, 6.45) is 1.88. The highest BCUT2D eigenvalue weighted by Gasteiger charge is 2.48. The molecule has 6 nitrogen and oxygen atoms in total. The van der Waals surface area contributed by atoms with Gasteiger partial charge in [0.2, 0.25) is 0 Å². The standard InChI is InChI=1S/C20H27N3O3S/c1-20(2)14(11-18(20)21-19(24)17-4-3-9-27-17)10-15-12-16(26-22-15)13-23-5-7-25-8-6-23/h3-4,9,12,14,18H,5-8,10-11,13H2,1-2H3,(H,21,24). The van der Waals surface area contributed by atoms with Gasteiger partial charge in [0.25, 0.3) is 5.91 Å². The molecule has 3 heterocycles. The predicted octanol–water partition coefficient (Wildman–Crippen LogP) is 2.96. The average molecular weight is 390 g/mol. The Morgan fingerprint density at radius 2 is 2.22 bits per heavy atom. The molecule has 7 heteroatoms. The van der Waals surface area contributed by atoms with Crippen molar-refractivity contribution in [2.45, 2.75) is 39.3 Å². The van der Waals surface area contributed by atoms with Crippen molar-refractivity contribution in [3.8, 4) is 0 Å². The van der Waals surface area contributed by atoms with Gasteiger partial charge in [-0.15, -0.1) is 11.3 Å². The molecule has 0 radical (unpaired) electrons. The van der Waals surface area contributed by atoms with E-state index in [1.165, 1.54) is 11.3 Å². The van der Waals surface area contributed by atoms with Crippen LogP contribution in [0.2, 0.25) is 0 Å². The van der Waals surface area contributed by atoms with Crippen LogP contribution in [0.15, 0.2) is 28.1 Å². The molecule has 2 atom stereocenters. The first-order valence-corrected chi connectivity index (χ1v) is 10.5. The SMILES string of the molecule is CC1(C)C(Cc2cc(CN3CCOCC3)on2)CC1NC(=O)c1cccs1. The molecule has 1 N–H and O–H groups in total. The highest BCUT2D eigenvalue weighted by Crippen LogP contribution is 2.47. The number of hydrogen-bond acceptors (Lipinski definition) is 6. The minimum atomic E-state index is 0.0377. The number of amides is 1. The van der Waals surface area contributed by atoms with E-state index in [9.17, 15) is 4.79 Å². The monoisotopic (exact) mass is 389 g/mol. The molecule has 1 aliphatic carbocycles. The van der Waals surface area contributed by atoms with Crippen LogP contribution in [-0.2, 0) is 17.7 Å². The number of rotatable bonds is 6. The Balaban J connectivity index is 1.29. The van der Waals surface area contributed by atoms with E-state index in [-0.39, 0.29) is 17.4 Å².